The van der Waals surface area contributed by atoms with Gasteiger partial charge >= 0.3 is 18.1 Å². The molecule has 0 bridgehead atoms. The van der Waals surface area contributed by atoms with Crippen molar-refractivity contribution in [3.8, 4) is 0 Å². The van der Waals surface area contributed by atoms with Gasteiger partial charge in [0.25, 0.3) is 5.91 Å². The average Bonchev–Trinajstić information content (AvgIpc) is 3.31. The molecule has 2 aliphatic heterocycles. The maximum absolute atomic E-state index is 12.4. The molecule has 0 saturated carbocycles. The minimum Gasteiger partial charge on any atom is -0.475 e. The smallest absolute Gasteiger partial charge is 0.475 e. The molecule has 2 aliphatic rings. The Bertz CT molecular complexity index is 971. The largest absolute Gasteiger partial charge is 0.490 e. The summed E-state index contributed by atoms with van der Waals surface area (Å²) in [5.74, 6) is -3.09. The maximum Gasteiger partial charge on any atom is 0.490 e. The van der Waals surface area contributed by atoms with Crippen LogP contribution in [0.15, 0.2) is 18.5 Å². The Hall–Kier alpha value is -3.22. The highest BCUT2D eigenvalue weighted by Crippen LogP contribution is 2.41. The van der Waals surface area contributed by atoms with Crippen molar-refractivity contribution in [1.82, 2.24) is 25.8 Å². The molecular weight excluding hydrogens is 423 g/mol. The zero-order chi connectivity index (χ0) is 22.6. The van der Waals surface area contributed by atoms with E-state index in [4.69, 9.17) is 14.6 Å². The molecule has 4 rings (SSSR count). The second-order valence-electron chi connectivity index (χ2n) is 7.27. The third-order valence-electron chi connectivity index (χ3n) is 5.22. The number of ether oxygens (including phenoxy) is 1. The molecule has 4 N–H and O–H groups in total. The van der Waals surface area contributed by atoms with Gasteiger partial charge in [-0.05, 0) is 32.0 Å². The van der Waals surface area contributed by atoms with Crippen LogP contribution in [0.25, 0.3) is 11.0 Å². The van der Waals surface area contributed by atoms with Crippen LogP contribution in [0.5, 0.6) is 0 Å². The van der Waals surface area contributed by atoms with Gasteiger partial charge in [0.05, 0.1) is 29.1 Å². The van der Waals surface area contributed by atoms with Gasteiger partial charge < -0.3 is 20.5 Å². The summed E-state index contributed by atoms with van der Waals surface area (Å²) >= 11 is 0. The molecule has 1 spiro atoms. The summed E-state index contributed by atoms with van der Waals surface area (Å²) < 4.78 is 37.2. The van der Waals surface area contributed by atoms with Crippen LogP contribution in [0.3, 0.4) is 0 Å². The number of nitrogens with one attached hydrogen (secondary N) is 3. The second kappa shape index (κ2) is 8.88. The number of hydrogen-bond donors (Lipinski definition) is 4. The minimum absolute atomic E-state index is 0.121. The Labute approximate surface area is 173 Å². The Kier molecular flexibility index (Phi) is 6.43. The number of alkyl halides is 3. The Morgan fingerprint density at radius 2 is 2.00 bits per heavy atom. The zero-order valence-electron chi connectivity index (χ0n) is 16.2. The molecule has 0 aromatic carbocycles. The molecule has 1 amide bonds. The van der Waals surface area contributed by atoms with E-state index >= 15 is 0 Å². The summed E-state index contributed by atoms with van der Waals surface area (Å²) in [7, 11) is 0. The van der Waals surface area contributed by atoms with Crippen LogP contribution in [0.1, 0.15) is 29.6 Å². The molecule has 168 valence electrons. The molecule has 4 heterocycles. The summed E-state index contributed by atoms with van der Waals surface area (Å²) in [6.07, 6.45) is 0.0743. The molecule has 10 nitrogen and oxygen atoms in total. The fourth-order valence-corrected chi connectivity index (χ4v) is 3.62. The summed E-state index contributed by atoms with van der Waals surface area (Å²) in [5, 5.41) is 20.6. The van der Waals surface area contributed by atoms with E-state index in [2.05, 4.69) is 25.8 Å². The van der Waals surface area contributed by atoms with E-state index < -0.39 is 12.1 Å². The summed E-state index contributed by atoms with van der Waals surface area (Å²) in [4.78, 5) is 37.7. The number of amides is 1. The van der Waals surface area contributed by atoms with Crippen LogP contribution in [-0.2, 0) is 14.3 Å². The van der Waals surface area contributed by atoms with Crippen molar-refractivity contribution >= 4 is 28.9 Å². The fraction of sp³-hybridized carbons (Fsp3) is 0.500. The fourth-order valence-electron chi connectivity index (χ4n) is 3.62. The van der Waals surface area contributed by atoms with Crippen LogP contribution < -0.4 is 10.6 Å². The summed E-state index contributed by atoms with van der Waals surface area (Å²) in [6.45, 7) is 1.99. The lowest BCUT2D eigenvalue weighted by Crippen LogP contribution is -2.39. The topological polar surface area (TPSA) is 146 Å². The number of halogens is 3. The lowest BCUT2D eigenvalue weighted by atomic mass is 9.76. The molecular formula is C18H20F3N5O5. The highest BCUT2D eigenvalue weighted by atomic mass is 19.4. The average molecular weight is 443 g/mol. The van der Waals surface area contributed by atoms with Crippen molar-refractivity contribution in [2.75, 3.05) is 19.6 Å². The van der Waals surface area contributed by atoms with Crippen LogP contribution in [0, 0.1) is 5.41 Å². The van der Waals surface area contributed by atoms with Gasteiger partial charge in [0.2, 0.25) is 0 Å². The van der Waals surface area contributed by atoms with Crippen LogP contribution >= 0.6 is 0 Å². The van der Waals surface area contributed by atoms with Crippen LogP contribution in [0.4, 0.5) is 13.2 Å². The normalized spacial score (nSPS) is 20.1. The van der Waals surface area contributed by atoms with Gasteiger partial charge in [0.15, 0.2) is 5.65 Å². The summed E-state index contributed by atoms with van der Waals surface area (Å²) in [6, 6.07) is 1.65. The predicted octanol–water partition coefficient (Wildman–Crippen LogP) is 1.01. The third-order valence-corrected chi connectivity index (χ3v) is 5.22. The van der Waals surface area contributed by atoms with Gasteiger partial charge in [-0.25, -0.2) is 9.78 Å². The van der Waals surface area contributed by atoms with Gasteiger partial charge in [-0.3, -0.25) is 14.7 Å². The molecule has 2 fully saturated rings. The van der Waals surface area contributed by atoms with Crippen molar-refractivity contribution in [3.63, 3.8) is 0 Å². The first kappa shape index (κ1) is 22.5. The first-order chi connectivity index (χ1) is 14.6. The predicted molar refractivity (Wildman–Crippen MR) is 98.9 cm³/mol. The van der Waals surface area contributed by atoms with Crippen molar-refractivity contribution in [2.45, 2.75) is 31.5 Å². The number of esters is 1. The van der Waals surface area contributed by atoms with Crippen molar-refractivity contribution in [3.05, 3.63) is 24.0 Å². The van der Waals surface area contributed by atoms with Crippen LogP contribution in [-0.4, -0.2) is 70.0 Å². The van der Waals surface area contributed by atoms with Gasteiger partial charge in [-0.1, -0.05) is 0 Å². The maximum atomic E-state index is 12.4. The molecule has 31 heavy (non-hydrogen) atoms. The monoisotopic (exact) mass is 443 g/mol. The van der Waals surface area contributed by atoms with Crippen molar-refractivity contribution in [2.24, 2.45) is 5.41 Å². The van der Waals surface area contributed by atoms with Crippen molar-refractivity contribution < 1.29 is 37.4 Å². The number of rotatable bonds is 3. The quantitative estimate of drug-likeness (QED) is 0.514. The number of piperidine rings is 1. The molecule has 1 atom stereocenters. The number of carboxylic acid groups (broad SMARTS) is 1. The highest BCUT2D eigenvalue weighted by molar-refractivity contribution is 6.05. The number of aromatic amines is 1. The Morgan fingerprint density at radius 3 is 2.65 bits per heavy atom. The molecule has 2 aromatic heterocycles. The molecule has 2 aromatic rings. The van der Waals surface area contributed by atoms with E-state index in [1.165, 1.54) is 0 Å². The first-order valence-electron chi connectivity index (χ1n) is 9.40. The van der Waals surface area contributed by atoms with E-state index in [9.17, 15) is 22.8 Å². The van der Waals surface area contributed by atoms with Crippen molar-refractivity contribution in [1.29, 1.82) is 0 Å². The van der Waals surface area contributed by atoms with Gasteiger partial charge in [-0.2, -0.15) is 18.3 Å². The van der Waals surface area contributed by atoms with Gasteiger partial charge in [0.1, 0.15) is 6.10 Å². The standard InChI is InChI=1S/C16H19N5O3.C2HF3O2/c22-14(11-1-4-18-13-12(11)9-20-21-13)19-8-10-7-16(15(23)24-10)2-5-17-6-3-16;3-2(4,5)1(6)7/h1,4,9-10,17H,2-3,5-8H2,(H,19,22)(H,18,20,21);(H,6,7). The molecule has 13 heteroatoms. The highest BCUT2D eigenvalue weighted by Gasteiger charge is 2.49. The number of aliphatic carboxylic acids is 1. The van der Waals surface area contributed by atoms with Crippen LogP contribution in [0.2, 0.25) is 0 Å². The van der Waals surface area contributed by atoms with E-state index in [0.717, 1.165) is 25.9 Å². The van der Waals surface area contributed by atoms with E-state index in [1.807, 2.05) is 0 Å². The molecule has 1 unspecified atom stereocenters. The number of pyridine rings is 1. The molecule has 2 saturated heterocycles. The first-order valence-corrected chi connectivity index (χ1v) is 9.40. The second-order valence-corrected chi connectivity index (χ2v) is 7.27. The van der Waals surface area contributed by atoms with Gasteiger partial charge in [0, 0.05) is 12.6 Å². The Morgan fingerprint density at radius 1 is 1.32 bits per heavy atom. The summed E-state index contributed by atoms with van der Waals surface area (Å²) in [5.41, 5.74) is 0.716. The van der Waals surface area contributed by atoms with Gasteiger partial charge in [-0.15, -0.1) is 0 Å². The van der Waals surface area contributed by atoms with E-state index in [1.54, 1.807) is 18.5 Å². The SMILES string of the molecule is O=C(NCC1CC2(CCNCC2)C(=O)O1)c1ccnc2[nH]ncc12.O=C(O)C(F)(F)F. The number of carbonyl (C=O) groups is 3. The number of nitrogens with zero attached hydrogens (tertiary/aromatic N) is 2. The minimum atomic E-state index is -5.08. The zero-order valence-corrected chi connectivity index (χ0v) is 16.2. The number of carboxylic acids is 1. The number of aromatic nitrogens is 3. The van der Waals surface area contributed by atoms with E-state index in [-0.39, 0.29) is 23.4 Å². The number of carbonyl (C=O) groups excluding carboxylic acids is 2. The lowest BCUT2D eigenvalue weighted by molar-refractivity contribution is -0.192. The number of cyclic esters (lactones) is 1. The molecule has 0 aliphatic carbocycles. The number of H-pyrrole nitrogens is 1. The van der Waals surface area contributed by atoms with E-state index in [0.29, 0.717) is 29.6 Å². The Balaban J connectivity index is 0.000000339. The third kappa shape index (κ3) is 5.10. The lowest BCUT2D eigenvalue weighted by Gasteiger charge is -2.29. The number of fused-ring (bicyclic) bond motifs is 1. The number of hydrogen-bond acceptors (Lipinski definition) is 7. The molecule has 0 radical (unpaired) electrons.